The number of ether oxygens (including phenoxy) is 1. The third-order valence-corrected chi connectivity index (χ3v) is 5.25. The molecule has 0 spiro atoms. The lowest BCUT2D eigenvalue weighted by Gasteiger charge is -2.34. The smallest absolute Gasteiger partial charge is 0.225 e. The zero-order chi connectivity index (χ0) is 17.2. The van der Waals surface area contributed by atoms with Crippen molar-refractivity contribution in [3.05, 3.63) is 18.3 Å². The number of rotatable bonds is 3. The van der Waals surface area contributed by atoms with Crippen molar-refractivity contribution >= 4 is 23.0 Å². The van der Waals surface area contributed by atoms with Gasteiger partial charge in [0.15, 0.2) is 5.65 Å². The van der Waals surface area contributed by atoms with Crippen LogP contribution in [0.15, 0.2) is 18.3 Å². The van der Waals surface area contributed by atoms with Crippen molar-refractivity contribution < 1.29 is 9.53 Å². The summed E-state index contributed by atoms with van der Waals surface area (Å²) in [5.41, 5.74) is 1.78. The average Bonchev–Trinajstić information content (AvgIpc) is 3.00. The molecule has 2 fully saturated rings. The van der Waals surface area contributed by atoms with Crippen molar-refractivity contribution in [2.45, 2.75) is 31.7 Å². The van der Waals surface area contributed by atoms with E-state index in [-0.39, 0.29) is 17.9 Å². The highest BCUT2D eigenvalue weighted by Crippen LogP contribution is 2.25. The number of fused-ring (bicyclic) bond motifs is 1. The molecule has 1 amide bonds. The van der Waals surface area contributed by atoms with Crippen molar-refractivity contribution in [1.29, 1.82) is 0 Å². The number of aryl methyl sites for hydroxylation is 1. The quantitative estimate of drug-likeness (QED) is 0.914. The maximum atomic E-state index is 12.7. The average molecular weight is 343 g/mol. The molecule has 0 aromatic carbocycles. The van der Waals surface area contributed by atoms with Crippen molar-refractivity contribution in [1.82, 2.24) is 19.9 Å². The van der Waals surface area contributed by atoms with E-state index in [1.165, 1.54) is 0 Å². The van der Waals surface area contributed by atoms with Crippen molar-refractivity contribution in [3.8, 4) is 0 Å². The Labute approximate surface area is 147 Å². The zero-order valence-electron chi connectivity index (χ0n) is 14.6. The monoisotopic (exact) mass is 343 g/mol. The second-order valence-electron chi connectivity index (χ2n) is 7.00. The molecule has 0 bridgehead atoms. The van der Waals surface area contributed by atoms with Gasteiger partial charge < -0.3 is 15.0 Å². The largest absolute Gasteiger partial charge is 0.381 e. The first-order chi connectivity index (χ1) is 12.2. The summed E-state index contributed by atoms with van der Waals surface area (Å²) >= 11 is 0. The fraction of sp³-hybridized carbons (Fsp3) is 0.611. The Hall–Kier alpha value is -2.15. The lowest BCUT2D eigenvalue weighted by molar-refractivity contribution is -0.126. The lowest BCUT2D eigenvalue weighted by atomic mass is 9.96. The second-order valence-corrected chi connectivity index (χ2v) is 7.00. The van der Waals surface area contributed by atoms with E-state index in [2.05, 4.69) is 15.2 Å². The van der Waals surface area contributed by atoms with Gasteiger partial charge in [-0.05, 0) is 37.8 Å². The number of aromatic nitrogens is 3. The van der Waals surface area contributed by atoms with Crippen LogP contribution in [0.25, 0.3) is 11.2 Å². The molecule has 2 saturated heterocycles. The Morgan fingerprint density at radius 3 is 2.96 bits per heavy atom. The molecule has 2 aromatic heterocycles. The first-order valence-corrected chi connectivity index (χ1v) is 9.13. The van der Waals surface area contributed by atoms with Crippen LogP contribution >= 0.6 is 0 Å². The molecule has 1 atom stereocenters. The fourth-order valence-corrected chi connectivity index (χ4v) is 3.83. The van der Waals surface area contributed by atoms with Crippen molar-refractivity contribution in [3.63, 3.8) is 0 Å². The highest BCUT2D eigenvalue weighted by atomic mass is 16.5. The number of piperidine rings is 1. The summed E-state index contributed by atoms with van der Waals surface area (Å²) in [6, 6.07) is 4.14. The van der Waals surface area contributed by atoms with Crippen LogP contribution < -0.4 is 10.2 Å². The number of anilines is 1. The van der Waals surface area contributed by atoms with Crippen LogP contribution in [0.4, 0.5) is 5.95 Å². The van der Waals surface area contributed by atoms with E-state index in [9.17, 15) is 4.79 Å². The van der Waals surface area contributed by atoms with Gasteiger partial charge in [0.1, 0.15) is 5.52 Å². The van der Waals surface area contributed by atoms with E-state index in [1.54, 1.807) is 6.20 Å². The number of carbonyl (C=O) groups is 1. The summed E-state index contributed by atoms with van der Waals surface area (Å²) < 4.78 is 7.39. The standard InChI is InChI=1S/C18H25N5O2/c1-22-16-15(5-2-8-19-16)21-18(22)23-9-3-4-13(12-23)17(24)20-14-6-10-25-11-7-14/h2,5,8,13-14H,3-4,6-7,9-12H2,1H3,(H,20,24). The third kappa shape index (κ3) is 3.33. The van der Waals surface area contributed by atoms with Gasteiger partial charge in [-0.15, -0.1) is 0 Å². The number of nitrogens with zero attached hydrogens (tertiary/aromatic N) is 4. The summed E-state index contributed by atoms with van der Waals surface area (Å²) in [4.78, 5) is 24.0. The maximum absolute atomic E-state index is 12.7. The van der Waals surface area contributed by atoms with E-state index < -0.39 is 0 Å². The van der Waals surface area contributed by atoms with Crippen LogP contribution in [0.5, 0.6) is 0 Å². The van der Waals surface area contributed by atoms with Crippen LogP contribution in [0.3, 0.4) is 0 Å². The number of pyridine rings is 1. The summed E-state index contributed by atoms with van der Waals surface area (Å²) in [6.07, 6.45) is 5.56. The predicted molar refractivity (Wildman–Crippen MR) is 95.4 cm³/mol. The number of hydrogen-bond donors (Lipinski definition) is 1. The Kier molecular flexibility index (Phi) is 4.57. The van der Waals surface area contributed by atoms with Gasteiger partial charge in [-0.25, -0.2) is 9.97 Å². The Balaban J connectivity index is 1.46. The molecule has 2 aliphatic heterocycles. The van der Waals surface area contributed by atoms with Crippen molar-refractivity contribution in [2.24, 2.45) is 13.0 Å². The first kappa shape index (κ1) is 16.3. The van der Waals surface area contributed by atoms with E-state index in [4.69, 9.17) is 9.72 Å². The SMILES string of the molecule is Cn1c(N2CCCC(C(=O)NC3CCOCC3)C2)nc2cccnc21. The molecular weight excluding hydrogens is 318 g/mol. The predicted octanol–water partition coefficient (Wildman–Crippen LogP) is 1.48. The van der Waals surface area contributed by atoms with Gasteiger partial charge in [0.2, 0.25) is 11.9 Å². The van der Waals surface area contributed by atoms with E-state index in [1.807, 2.05) is 23.7 Å². The van der Waals surface area contributed by atoms with E-state index in [0.29, 0.717) is 6.54 Å². The molecule has 7 nitrogen and oxygen atoms in total. The second kappa shape index (κ2) is 7.00. The summed E-state index contributed by atoms with van der Waals surface area (Å²) in [5, 5.41) is 3.22. The topological polar surface area (TPSA) is 72.3 Å². The Morgan fingerprint density at radius 2 is 2.16 bits per heavy atom. The normalized spacial score (nSPS) is 22.3. The third-order valence-electron chi connectivity index (χ3n) is 5.25. The summed E-state index contributed by atoms with van der Waals surface area (Å²) in [7, 11) is 1.99. The van der Waals surface area contributed by atoms with Gasteiger partial charge in [0.05, 0.1) is 5.92 Å². The lowest BCUT2D eigenvalue weighted by Crippen LogP contribution is -2.47. The Morgan fingerprint density at radius 1 is 1.32 bits per heavy atom. The number of carbonyl (C=O) groups excluding carboxylic acids is 1. The van der Waals surface area contributed by atoms with Crippen LogP contribution in [0.2, 0.25) is 0 Å². The Bertz CT molecular complexity index is 753. The van der Waals surface area contributed by atoms with Gasteiger partial charge in [-0.2, -0.15) is 0 Å². The number of imidazole rings is 1. The molecule has 4 heterocycles. The highest BCUT2D eigenvalue weighted by Gasteiger charge is 2.29. The van der Waals surface area contributed by atoms with Gasteiger partial charge >= 0.3 is 0 Å². The molecule has 0 saturated carbocycles. The molecule has 25 heavy (non-hydrogen) atoms. The zero-order valence-corrected chi connectivity index (χ0v) is 14.6. The van der Waals surface area contributed by atoms with Crippen LogP contribution in [-0.4, -0.2) is 52.8 Å². The summed E-state index contributed by atoms with van der Waals surface area (Å²) in [6.45, 7) is 3.13. The summed E-state index contributed by atoms with van der Waals surface area (Å²) in [5.74, 6) is 1.09. The molecule has 1 unspecified atom stereocenters. The molecule has 134 valence electrons. The van der Waals surface area contributed by atoms with Crippen LogP contribution in [-0.2, 0) is 16.6 Å². The van der Waals surface area contributed by atoms with Gasteiger partial charge in [-0.1, -0.05) is 0 Å². The molecule has 2 aromatic rings. The number of nitrogens with one attached hydrogen (secondary N) is 1. The first-order valence-electron chi connectivity index (χ1n) is 9.13. The van der Waals surface area contributed by atoms with Crippen LogP contribution in [0, 0.1) is 5.92 Å². The number of amides is 1. The highest BCUT2D eigenvalue weighted by molar-refractivity contribution is 5.80. The molecule has 7 heteroatoms. The minimum atomic E-state index is 0.0179. The van der Waals surface area contributed by atoms with E-state index >= 15 is 0 Å². The maximum Gasteiger partial charge on any atom is 0.225 e. The molecule has 4 rings (SSSR count). The van der Waals surface area contributed by atoms with Gasteiger partial charge in [0, 0.05) is 45.6 Å². The molecule has 1 N–H and O–H groups in total. The van der Waals surface area contributed by atoms with Crippen molar-refractivity contribution in [2.75, 3.05) is 31.2 Å². The molecule has 2 aliphatic rings. The van der Waals surface area contributed by atoms with Gasteiger partial charge in [0.25, 0.3) is 0 Å². The van der Waals surface area contributed by atoms with E-state index in [0.717, 1.165) is 62.6 Å². The minimum absolute atomic E-state index is 0.0179. The molecule has 0 aliphatic carbocycles. The minimum Gasteiger partial charge on any atom is -0.381 e. The number of hydrogen-bond acceptors (Lipinski definition) is 5. The van der Waals surface area contributed by atoms with Crippen LogP contribution in [0.1, 0.15) is 25.7 Å². The molecule has 0 radical (unpaired) electrons. The van der Waals surface area contributed by atoms with Gasteiger partial charge in [-0.3, -0.25) is 9.36 Å². The molecular formula is C18H25N5O2. The fourth-order valence-electron chi connectivity index (χ4n) is 3.83.